The normalized spacial score (nSPS) is 22.4. The summed E-state index contributed by atoms with van der Waals surface area (Å²) in [6.45, 7) is 3.99. The lowest BCUT2D eigenvalue weighted by molar-refractivity contribution is 0.0922. The maximum atomic E-state index is 14.2. The number of nitrogens with zero attached hydrogens (tertiary/aromatic N) is 2. The van der Waals surface area contributed by atoms with Crippen LogP contribution in [0.15, 0.2) is 28.8 Å². The molecule has 1 amide bonds. The fourth-order valence-electron chi connectivity index (χ4n) is 3.70. The Bertz CT molecular complexity index is 852. The van der Waals surface area contributed by atoms with Gasteiger partial charge in [0.1, 0.15) is 11.6 Å². The van der Waals surface area contributed by atoms with E-state index in [9.17, 15) is 9.18 Å². The Morgan fingerprint density at radius 3 is 2.93 bits per heavy atom. The Morgan fingerprint density at radius 2 is 2.18 bits per heavy atom. The molecule has 0 bridgehead atoms. The summed E-state index contributed by atoms with van der Waals surface area (Å²) in [6.07, 6.45) is 2.20. The molecule has 0 radical (unpaired) electrons. The van der Waals surface area contributed by atoms with E-state index in [0.29, 0.717) is 36.0 Å². The fraction of sp³-hybridized carbons (Fsp3) is 0.500. The first-order valence-corrected chi connectivity index (χ1v) is 9.60. The van der Waals surface area contributed by atoms with Crippen molar-refractivity contribution in [2.45, 2.75) is 38.3 Å². The molecule has 2 heterocycles. The molecule has 150 valence electrons. The highest BCUT2D eigenvalue weighted by Crippen LogP contribution is 2.40. The van der Waals surface area contributed by atoms with Crippen LogP contribution in [0.1, 0.15) is 47.5 Å². The second kappa shape index (κ2) is 7.89. The van der Waals surface area contributed by atoms with Crippen molar-refractivity contribution in [1.82, 2.24) is 15.4 Å². The Hall–Kier alpha value is -2.45. The summed E-state index contributed by atoms with van der Waals surface area (Å²) in [5, 5.41) is 6.95. The second-order valence-corrected chi connectivity index (χ2v) is 7.75. The number of anilines is 1. The molecule has 8 heteroatoms. The van der Waals surface area contributed by atoms with Gasteiger partial charge in [0.05, 0.1) is 12.8 Å². The van der Waals surface area contributed by atoms with Gasteiger partial charge in [0, 0.05) is 43.2 Å². The number of aromatic nitrogens is 1. The molecule has 4 rings (SSSR count). The van der Waals surface area contributed by atoms with Crippen LogP contribution in [0.3, 0.4) is 0 Å². The summed E-state index contributed by atoms with van der Waals surface area (Å²) in [4.78, 5) is 19.5. The van der Waals surface area contributed by atoms with Gasteiger partial charge in [-0.05, 0) is 37.0 Å². The number of carbonyl (C=O) groups is 1. The van der Waals surface area contributed by atoms with E-state index in [-0.39, 0.29) is 23.7 Å². The first kappa shape index (κ1) is 18.9. The van der Waals surface area contributed by atoms with Gasteiger partial charge in [-0.3, -0.25) is 20.0 Å². The molecule has 2 unspecified atom stereocenters. The summed E-state index contributed by atoms with van der Waals surface area (Å²) in [5.74, 6) is 1.00. The molecule has 0 spiro atoms. The molecule has 7 nitrogen and oxygen atoms in total. The van der Waals surface area contributed by atoms with Gasteiger partial charge in [-0.2, -0.15) is 0 Å². The van der Waals surface area contributed by atoms with Crippen molar-refractivity contribution in [2.75, 3.05) is 25.7 Å². The van der Waals surface area contributed by atoms with Crippen LogP contribution >= 0.6 is 0 Å². The number of halogens is 1. The molecule has 1 aliphatic carbocycles. The smallest absolute Gasteiger partial charge is 0.273 e. The van der Waals surface area contributed by atoms with Crippen LogP contribution in [-0.2, 0) is 11.4 Å². The summed E-state index contributed by atoms with van der Waals surface area (Å²) in [5.41, 5.74) is 4.34. The Labute approximate surface area is 163 Å². The maximum Gasteiger partial charge on any atom is 0.273 e. The number of benzene rings is 1. The third-order valence-corrected chi connectivity index (χ3v) is 5.40. The molecule has 1 aromatic heterocycles. The molecule has 2 N–H and O–H groups in total. The third kappa shape index (κ3) is 4.18. The van der Waals surface area contributed by atoms with Crippen LogP contribution in [-0.4, -0.2) is 42.2 Å². The molecule has 2 aliphatic rings. The Balaban J connectivity index is 1.36. The molecule has 1 aliphatic heterocycles. The Kier molecular flexibility index (Phi) is 5.32. The predicted molar refractivity (Wildman–Crippen MR) is 101 cm³/mol. The largest absolute Gasteiger partial charge is 0.360 e. The minimum atomic E-state index is -0.253. The topological polar surface area (TPSA) is 79.6 Å². The average molecular weight is 388 g/mol. The van der Waals surface area contributed by atoms with E-state index in [4.69, 9.17) is 9.36 Å². The molecule has 2 atom stereocenters. The molecular formula is C20H25FN4O3. The predicted octanol–water partition coefficient (Wildman–Crippen LogP) is 2.91. The lowest BCUT2D eigenvalue weighted by Gasteiger charge is -2.17. The summed E-state index contributed by atoms with van der Waals surface area (Å²) >= 11 is 0. The molecule has 1 saturated heterocycles. The number of rotatable bonds is 7. The first-order valence-electron chi connectivity index (χ1n) is 9.60. The van der Waals surface area contributed by atoms with Crippen LogP contribution in [0, 0.1) is 11.7 Å². The summed E-state index contributed by atoms with van der Waals surface area (Å²) < 4.78 is 19.4. The van der Waals surface area contributed by atoms with Crippen molar-refractivity contribution in [3.63, 3.8) is 0 Å². The quantitative estimate of drug-likeness (QED) is 0.710. The highest BCUT2D eigenvalue weighted by Gasteiger charge is 2.33. The minimum Gasteiger partial charge on any atom is -0.360 e. The fourth-order valence-corrected chi connectivity index (χ4v) is 3.70. The third-order valence-electron chi connectivity index (χ3n) is 5.40. The van der Waals surface area contributed by atoms with Crippen LogP contribution in [0.4, 0.5) is 10.1 Å². The van der Waals surface area contributed by atoms with Gasteiger partial charge in [0.15, 0.2) is 5.69 Å². The van der Waals surface area contributed by atoms with E-state index >= 15 is 0 Å². The Morgan fingerprint density at radius 1 is 1.36 bits per heavy atom. The summed E-state index contributed by atoms with van der Waals surface area (Å²) in [7, 11) is 1.51. The van der Waals surface area contributed by atoms with Crippen molar-refractivity contribution < 1.29 is 18.5 Å². The van der Waals surface area contributed by atoms with E-state index in [2.05, 4.69) is 27.8 Å². The van der Waals surface area contributed by atoms with E-state index < -0.39 is 0 Å². The molecule has 2 aromatic rings. The van der Waals surface area contributed by atoms with Crippen molar-refractivity contribution in [1.29, 1.82) is 0 Å². The van der Waals surface area contributed by atoms with Gasteiger partial charge in [0.25, 0.3) is 5.91 Å². The van der Waals surface area contributed by atoms with Gasteiger partial charge in [-0.25, -0.2) is 4.39 Å². The average Bonchev–Trinajstić information content (AvgIpc) is 3.29. The first-order chi connectivity index (χ1) is 13.5. The van der Waals surface area contributed by atoms with Crippen LogP contribution in [0.25, 0.3) is 0 Å². The molecule has 28 heavy (non-hydrogen) atoms. The van der Waals surface area contributed by atoms with Gasteiger partial charge in [-0.1, -0.05) is 12.1 Å². The van der Waals surface area contributed by atoms with E-state index in [0.717, 1.165) is 25.1 Å². The maximum absolute atomic E-state index is 14.2. The number of carbonyl (C=O) groups excluding carboxylic acids is 1. The molecule has 1 saturated carbocycles. The lowest BCUT2D eigenvalue weighted by Crippen LogP contribution is -2.40. The zero-order valence-corrected chi connectivity index (χ0v) is 16.1. The molecular weight excluding hydrogens is 363 g/mol. The minimum absolute atomic E-state index is 0.0167. The second-order valence-electron chi connectivity index (χ2n) is 7.75. The van der Waals surface area contributed by atoms with Crippen LogP contribution in [0.2, 0.25) is 0 Å². The van der Waals surface area contributed by atoms with Crippen LogP contribution < -0.4 is 10.8 Å². The van der Waals surface area contributed by atoms with Crippen molar-refractivity contribution in [2.24, 2.45) is 5.92 Å². The standard InChI is InChI=1S/C20H25FN4O3/c1-12-9-25(10-14-7-15(23-27-2)5-6-16(14)21)11-18(12)22-20(26)17-8-19(28-24-17)13-3-4-13/h5-8,12-13,18,23H,3-4,9-11H2,1-2H3,(H,22,26). The SMILES string of the molecule is CONc1ccc(F)c(CN2CC(C)C(NC(=O)c3cc(C4CC4)on3)C2)c1. The highest BCUT2D eigenvalue weighted by molar-refractivity contribution is 5.92. The number of amides is 1. The van der Waals surface area contributed by atoms with E-state index in [1.54, 1.807) is 18.2 Å². The summed E-state index contributed by atoms with van der Waals surface area (Å²) in [6, 6.07) is 6.53. The van der Waals surface area contributed by atoms with Gasteiger partial charge in [-0.15, -0.1) is 0 Å². The van der Waals surface area contributed by atoms with Crippen molar-refractivity contribution in [3.8, 4) is 0 Å². The number of hydrogen-bond donors (Lipinski definition) is 2. The lowest BCUT2D eigenvalue weighted by atomic mass is 10.1. The van der Waals surface area contributed by atoms with Crippen molar-refractivity contribution in [3.05, 3.63) is 47.1 Å². The number of nitrogens with one attached hydrogen (secondary N) is 2. The monoisotopic (exact) mass is 388 g/mol. The van der Waals surface area contributed by atoms with E-state index in [1.807, 2.05) is 0 Å². The molecule has 2 fully saturated rings. The zero-order chi connectivity index (χ0) is 19.7. The van der Waals surface area contributed by atoms with Gasteiger partial charge in [0.2, 0.25) is 0 Å². The van der Waals surface area contributed by atoms with E-state index in [1.165, 1.54) is 13.2 Å². The van der Waals surface area contributed by atoms with Gasteiger partial charge >= 0.3 is 0 Å². The number of likely N-dealkylation sites (tertiary alicyclic amines) is 1. The number of hydrogen-bond acceptors (Lipinski definition) is 6. The van der Waals surface area contributed by atoms with Crippen molar-refractivity contribution >= 4 is 11.6 Å². The van der Waals surface area contributed by atoms with Gasteiger partial charge < -0.3 is 9.84 Å². The highest BCUT2D eigenvalue weighted by atomic mass is 19.1. The molecule has 1 aromatic carbocycles. The zero-order valence-electron chi connectivity index (χ0n) is 16.1. The van der Waals surface area contributed by atoms with Crippen LogP contribution in [0.5, 0.6) is 0 Å².